The van der Waals surface area contributed by atoms with Crippen molar-refractivity contribution in [2.24, 2.45) is 5.92 Å². The largest absolute Gasteiger partial charge is 0.375 e. The molecule has 1 aromatic heterocycles. The number of hydrogen-bond donors (Lipinski definition) is 1. The van der Waals surface area contributed by atoms with E-state index in [4.69, 9.17) is 4.74 Å². The van der Waals surface area contributed by atoms with E-state index in [-0.39, 0.29) is 18.6 Å². The molecular formula is C17H25N3O4. The number of rotatable bonds is 4. The third-order valence-corrected chi connectivity index (χ3v) is 5.01. The van der Waals surface area contributed by atoms with Crippen molar-refractivity contribution in [3.63, 3.8) is 0 Å². The summed E-state index contributed by atoms with van der Waals surface area (Å²) >= 11 is 0. The summed E-state index contributed by atoms with van der Waals surface area (Å²) < 4.78 is 7.07. The predicted molar refractivity (Wildman–Crippen MR) is 88.8 cm³/mol. The fraction of sp³-hybridized carbons (Fsp3) is 0.706. The van der Waals surface area contributed by atoms with Crippen molar-refractivity contribution in [3.05, 3.63) is 33.1 Å². The molecule has 1 amide bonds. The topological polar surface area (TPSA) is 84.4 Å². The lowest BCUT2D eigenvalue weighted by atomic mass is 9.85. The molecule has 0 bridgehead atoms. The van der Waals surface area contributed by atoms with Gasteiger partial charge in [0.1, 0.15) is 6.54 Å². The van der Waals surface area contributed by atoms with Gasteiger partial charge in [0.05, 0.1) is 12.7 Å². The van der Waals surface area contributed by atoms with E-state index < -0.39 is 11.2 Å². The van der Waals surface area contributed by atoms with Gasteiger partial charge in [0.15, 0.2) is 0 Å². The summed E-state index contributed by atoms with van der Waals surface area (Å²) in [5, 5.41) is 0. The molecule has 2 fully saturated rings. The average Bonchev–Trinajstić information content (AvgIpc) is 2.58. The van der Waals surface area contributed by atoms with Crippen LogP contribution in [0.25, 0.3) is 0 Å². The molecular weight excluding hydrogens is 310 g/mol. The summed E-state index contributed by atoms with van der Waals surface area (Å²) in [7, 11) is 0. The fourth-order valence-corrected chi connectivity index (χ4v) is 3.70. The Labute approximate surface area is 140 Å². The minimum Gasteiger partial charge on any atom is -0.375 e. The van der Waals surface area contributed by atoms with Crippen LogP contribution in [-0.2, 0) is 16.1 Å². The van der Waals surface area contributed by atoms with Crippen molar-refractivity contribution in [2.75, 3.05) is 19.7 Å². The molecule has 1 saturated carbocycles. The third-order valence-electron chi connectivity index (χ3n) is 5.01. The molecule has 2 heterocycles. The van der Waals surface area contributed by atoms with Gasteiger partial charge >= 0.3 is 5.69 Å². The number of carbonyl (C=O) groups is 1. The SMILES string of the molecule is O=C(Cn1ccc(=O)[nH]c1=O)N1CCO[C@H](CC2CCCCC2)C1. The molecule has 1 atom stereocenters. The number of aromatic nitrogens is 2. The van der Waals surface area contributed by atoms with Gasteiger partial charge in [-0.05, 0) is 12.3 Å². The van der Waals surface area contributed by atoms with Crippen molar-refractivity contribution in [1.82, 2.24) is 14.5 Å². The highest BCUT2D eigenvalue weighted by molar-refractivity contribution is 5.76. The Bertz CT molecular complexity index is 675. The molecule has 24 heavy (non-hydrogen) atoms. The minimum atomic E-state index is -0.553. The Kier molecular flexibility index (Phi) is 5.50. The second kappa shape index (κ2) is 7.79. The molecule has 1 saturated heterocycles. The zero-order chi connectivity index (χ0) is 16.9. The Hall–Kier alpha value is -1.89. The van der Waals surface area contributed by atoms with Gasteiger partial charge in [0.2, 0.25) is 5.91 Å². The van der Waals surface area contributed by atoms with Crippen LogP contribution in [0.3, 0.4) is 0 Å². The molecule has 132 valence electrons. The number of carbonyl (C=O) groups excluding carboxylic acids is 1. The number of nitrogens with zero attached hydrogens (tertiary/aromatic N) is 2. The monoisotopic (exact) mass is 335 g/mol. The Morgan fingerprint density at radius 2 is 2.04 bits per heavy atom. The Morgan fingerprint density at radius 1 is 1.25 bits per heavy atom. The van der Waals surface area contributed by atoms with E-state index in [1.54, 1.807) is 4.90 Å². The van der Waals surface area contributed by atoms with Crippen molar-refractivity contribution >= 4 is 5.91 Å². The number of nitrogens with one attached hydrogen (secondary N) is 1. The quantitative estimate of drug-likeness (QED) is 0.879. The van der Waals surface area contributed by atoms with E-state index in [1.807, 2.05) is 0 Å². The van der Waals surface area contributed by atoms with Gasteiger partial charge < -0.3 is 9.64 Å². The third kappa shape index (κ3) is 4.35. The van der Waals surface area contributed by atoms with Gasteiger partial charge in [0.25, 0.3) is 5.56 Å². The van der Waals surface area contributed by atoms with Crippen LogP contribution in [-0.4, -0.2) is 46.2 Å². The van der Waals surface area contributed by atoms with Crippen LogP contribution >= 0.6 is 0 Å². The zero-order valence-electron chi connectivity index (χ0n) is 13.9. The van der Waals surface area contributed by atoms with Crippen molar-refractivity contribution in [3.8, 4) is 0 Å². The molecule has 7 heteroatoms. The van der Waals surface area contributed by atoms with E-state index >= 15 is 0 Å². The summed E-state index contributed by atoms with van der Waals surface area (Å²) in [4.78, 5) is 39.2. The van der Waals surface area contributed by atoms with Crippen LogP contribution in [0.2, 0.25) is 0 Å². The van der Waals surface area contributed by atoms with E-state index in [0.29, 0.717) is 25.6 Å². The molecule has 1 aliphatic carbocycles. The highest BCUT2D eigenvalue weighted by Gasteiger charge is 2.27. The van der Waals surface area contributed by atoms with Gasteiger partial charge in [-0.2, -0.15) is 0 Å². The smallest absolute Gasteiger partial charge is 0.328 e. The molecule has 1 aromatic rings. The second-order valence-electron chi connectivity index (χ2n) is 6.81. The van der Waals surface area contributed by atoms with E-state index in [1.165, 1.54) is 48.9 Å². The highest BCUT2D eigenvalue weighted by Crippen LogP contribution is 2.28. The van der Waals surface area contributed by atoms with Gasteiger partial charge in [0, 0.05) is 25.4 Å². The number of morpholine rings is 1. The maximum atomic E-state index is 12.5. The van der Waals surface area contributed by atoms with Crippen LogP contribution in [0.1, 0.15) is 38.5 Å². The molecule has 1 aliphatic heterocycles. The van der Waals surface area contributed by atoms with E-state index in [0.717, 1.165) is 6.42 Å². The van der Waals surface area contributed by atoms with Crippen LogP contribution in [0, 0.1) is 5.92 Å². The summed E-state index contributed by atoms with van der Waals surface area (Å²) in [6.45, 7) is 1.64. The Morgan fingerprint density at radius 3 is 2.79 bits per heavy atom. The minimum absolute atomic E-state index is 0.0498. The molecule has 0 unspecified atom stereocenters. The van der Waals surface area contributed by atoms with Crippen LogP contribution in [0.5, 0.6) is 0 Å². The number of ether oxygens (including phenoxy) is 1. The molecule has 7 nitrogen and oxygen atoms in total. The summed E-state index contributed by atoms with van der Waals surface area (Å²) in [6, 6.07) is 1.25. The standard InChI is InChI=1S/C17H25N3O4/c21-15-6-7-20(17(23)18-15)12-16(22)19-8-9-24-14(11-19)10-13-4-2-1-3-5-13/h6-7,13-14H,1-5,8-12H2,(H,18,21,23)/t14-/m1/s1. The Balaban J connectivity index is 1.56. The first-order chi connectivity index (χ1) is 11.6. The van der Waals surface area contributed by atoms with Gasteiger partial charge in [-0.3, -0.25) is 19.1 Å². The average molecular weight is 335 g/mol. The first-order valence-electron chi connectivity index (χ1n) is 8.81. The van der Waals surface area contributed by atoms with Crippen LogP contribution in [0.4, 0.5) is 0 Å². The molecule has 3 rings (SSSR count). The lowest BCUT2D eigenvalue weighted by Gasteiger charge is -2.35. The second-order valence-corrected chi connectivity index (χ2v) is 6.81. The van der Waals surface area contributed by atoms with Gasteiger partial charge in [-0.15, -0.1) is 0 Å². The summed E-state index contributed by atoms with van der Waals surface area (Å²) in [5.74, 6) is 0.599. The molecule has 0 aromatic carbocycles. The van der Waals surface area contributed by atoms with Crippen molar-refractivity contribution in [2.45, 2.75) is 51.2 Å². The number of amides is 1. The molecule has 0 radical (unpaired) electrons. The van der Waals surface area contributed by atoms with Crippen LogP contribution in [0.15, 0.2) is 21.9 Å². The van der Waals surface area contributed by atoms with Crippen molar-refractivity contribution in [1.29, 1.82) is 0 Å². The van der Waals surface area contributed by atoms with Gasteiger partial charge in [-0.1, -0.05) is 32.1 Å². The van der Waals surface area contributed by atoms with E-state index in [9.17, 15) is 14.4 Å². The molecule has 1 N–H and O–H groups in total. The zero-order valence-corrected chi connectivity index (χ0v) is 13.9. The first-order valence-corrected chi connectivity index (χ1v) is 8.81. The number of aromatic amines is 1. The maximum Gasteiger partial charge on any atom is 0.328 e. The lowest BCUT2D eigenvalue weighted by Crippen LogP contribution is -2.48. The number of H-pyrrole nitrogens is 1. The van der Waals surface area contributed by atoms with Gasteiger partial charge in [-0.25, -0.2) is 4.79 Å². The maximum absolute atomic E-state index is 12.5. The van der Waals surface area contributed by atoms with E-state index in [2.05, 4.69) is 4.98 Å². The van der Waals surface area contributed by atoms with Crippen molar-refractivity contribution < 1.29 is 9.53 Å². The molecule has 2 aliphatic rings. The van der Waals surface area contributed by atoms with Crippen LogP contribution < -0.4 is 11.2 Å². The summed E-state index contributed by atoms with van der Waals surface area (Å²) in [5.41, 5.74) is -1.01. The lowest BCUT2D eigenvalue weighted by molar-refractivity contribution is -0.140. The predicted octanol–water partition coefficient (Wildman–Crippen LogP) is 0.734. The highest BCUT2D eigenvalue weighted by atomic mass is 16.5. The normalized spacial score (nSPS) is 22.5. The summed E-state index contributed by atoms with van der Waals surface area (Å²) in [6.07, 6.45) is 8.94. The first kappa shape index (κ1) is 17.0. The number of hydrogen-bond acceptors (Lipinski definition) is 4. The fourth-order valence-electron chi connectivity index (χ4n) is 3.70. The molecule has 0 spiro atoms.